The van der Waals surface area contributed by atoms with Crippen molar-refractivity contribution >= 4 is 21.7 Å². The van der Waals surface area contributed by atoms with E-state index in [1.54, 1.807) is 12.1 Å². The minimum Gasteiger partial charge on any atom is -0.294 e. The lowest BCUT2D eigenvalue weighted by atomic mass is 10.0. The Labute approximate surface area is 102 Å². The molecule has 3 heteroatoms. The molecule has 0 saturated carbocycles. The standard InChI is InChI=1S/C13H12BrFO/c14-13-10(6-3-7-11(13)15)8-12(16)9-4-1-2-5-9/h3-4,6-7H,1-2,5,8H2. The predicted molar refractivity (Wildman–Crippen MR) is 64.7 cm³/mol. The van der Waals surface area contributed by atoms with E-state index in [1.165, 1.54) is 6.07 Å². The molecule has 1 aliphatic rings. The monoisotopic (exact) mass is 282 g/mol. The van der Waals surface area contributed by atoms with Crippen LogP contribution in [0.3, 0.4) is 0 Å². The average Bonchev–Trinajstić information content (AvgIpc) is 2.78. The fraction of sp³-hybridized carbons (Fsp3) is 0.308. The normalized spacial score (nSPS) is 15.0. The first-order valence-electron chi connectivity index (χ1n) is 5.33. The predicted octanol–water partition coefficient (Wildman–Crippen LogP) is 3.81. The van der Waals surface area contributed by atoms with E-state index in [1.807, 2.05) is 6.08 Å². The smallest absolute Gasteiger partial charge is 0.162 e. The Hall–Kier alpha value is -0.960. The largest absolute Gasteiger partial charge is 0.294 e. The molecular formula is C13H12BrFO. The minimum atomic E-state index is -0.314. The van der Waals surface area contributed by atoms with Crippen molar-refractivity contribution in [3.05, 3.63) is 45.7 Å². The van der Waals surface area contributed by atoms with Crippen molar-refractivity contribution in [3.8, 4) is 0 Å². The molecule has 1 aromatic rings. The molecule has 0 bridgehead atoms. The molecule has 0 unspecified atom stereocenters. The number of Topliss-reactive ketones (excluding diaryl/α,β-unsaturated/α-hetero) is 1. The molecule has 0 spiro atoms. The van der Waals surface area contributed by atoms with Crippen LogP contribution in [-0.4, -0.2) is 5.78 Å². The highest BCUT2D eigenvalue weighted by atomic mass is 79.9. The van der Waals surface area contributed by atoms with E-state index in [9.17, 15) is 9.18 Å². The Bertz CT molecular complexity index is 451. The van der Waals surface area contributed by atoms with Gasteiger partial charge in [-0.05, 0) is 52.4 Å². The van der Waals surface area contributed by atoms with Crippen molar-refractivity contribution in [2.45, 2.75) is 25.7 Å². The van der Waals surface area contributed by atoms with E-state index in [4.69, 9.17) is 0 Å². The Morgan fingerprint density at radius 2 is 2.25 bits per heavy atom. The van der Waals surface area contributed by atoms with Gasteiger partial charge in [0.1, 0.15) is 5.82 Å². The molecule has 0 amide bonds. The van der Waals surface area contributed by atoms with Gasteiger partial charge >= 0.3 is 0 Å². The zero-order chi connectivity index (χ0) is 11.5. The van der Waals surface area contributed by atoms with Gasteiger partial charge in [-0.1, -0.05) is 18.2 Å². The molecule has 0 atom stereocenters. The molecule has 0 fully saturated rings. The summed E-state index contributed by atoms with van der Waals surface area (Å²) in [6.45, 7) is 0. The van der Waals surface area contributed by atoms with Gasteiger partial charge in [-0.2, -0.15) is 0 Å². The first-order chi connectivity index (χ1) is 7.68. The quantitative estimate of drug-likeness (QED) is 0.824. The summed E-state index contributed by atoms with van der Waals surface area (Å²) in [5, 5.41) is 0. The Balaban J connectivity index is 2.14. The molecule has 84 valence electrons. The fourth-order valence-electron chi connectivity index (χ4n) is 1.90. The molecule has 16 heavy (non-hydrogen) atoms. The molecule has 0 aromatic heterocycles. The summed E-state index contributed by atoms with van der Waals surface area (Å²) in [5.74, 6) is -0.200. The van der Waals surface area contributed by atoms with Crippen LogP contribution in [0.5, 0.6) is 0 Å². The topological polar surface area (TPSA) is 17.1 Å². The zero-order valence-electron chi connectivity index (χ0n) is 8.80. The number of ketones is 1. The first kappa shape index (κ1) is 11.5. The van der Waals surface area contributed by atoms with E-state index >= 15 is 0 Å². The van der Waals surface area contributed by atoms with E-state index in [2.05, 4.69) is 15.9 Å². The van der Waals surface area contributed by atoms with Gasteiger partial charge in [0.2, 0.25) is 0 Å². The molecule has 0 saturated heterocycles. The third kappa shape index (κ3) is 2.40. The third-order valence-corrected chi connectivity index (χ3v) is 3.67. The van der Waals surface area contributed by atoms with E-state index < -0.39 is 0 Å². The second kappa shape index (κ2) is 4.91. The second-order valence-electron chi connectivity index (χ2n) is 3.93. The van der Waals surface area contributed by atoms with Gasteiger partial charge < -0.3 is 0 Å². The van der Waals surface area contributed by atoms with Gasteiger partial charge in [0.05, 0.1) is 4.47 Å². The molecule has 0 heterocycles. The molecule has 2 rings (SSSR count). The molecule has 0 aliphatic heterocycles. The molecule has 0 radical (unpaired) electrons. The first-order valence-corrected chi connectivity index (χ1v) is 6.13. The summed E-state index contributed by atoms with van der Waals surface area (Å²) in [6.07, 6.45) is 5.20. The summed E-state index contributed by atoms with van der Waals surface area (Å²) >= 11 is 3.17. The van der Waals surface area contributed by atoms with E-state index in [0.29, 0.717) is 4.47 Å². The summed E-state index contributed by atoms with van der Waals surface area (Å²) in [4.78, 5) is 11.9. The maximum Gasteiger partial charge on any atom is 0.162 e. The van der Waals surface area contributed by atoms with Gasteiger partial charge in [0.15, 0.2) is 5.78 Å². The van der Waals surface area contributed by atoms with Gasteiger partial charge in [-0.3, -0.25) is 4.79 Å². The van der Waals surface area contributed by atoms with Crippen molar-refractivity contribution < 1.29 is 9.18 Å². The van der Waals surface area contributed by atoms with Crippen molar-refractivity contribution in [2.24, 2.45) is 0 Å². The lowest BCUT2D eigenvalue weighted by Crippen LogP contribution is -2.05. The number of benzene rings is 1. The highest BCUT2D eigenvalue weighted by Gasteiger charge is 2.15. The van der Waals surface area contributed by atoms with E-state index in [-0.39, 0.29) is 18.0 Å². The van der Waals surface area contributed by atoms with Crippen LogP contribution in [0.1, 0.15) is 24.8 Å². The third-order valence-electron chi connectivity index (χ3n) is 2.78. The number of allylic oxidation sites excluding steroid dienone is 2. The van der Waals surface area contributed by atoms with Crippen LogP contribution < -0.4 is 0 Å². The lowest BCUT2D eigenvalue weighted by molar-refractivity contribution is -0.115. The highest BCUT2D eigenvalue weighted by molar-refractivity contribution is 9.10. The lowest BCUT2D eigenvalue weighted by Gasteiger charge is -2.05. The van der Waals surface area contributed by atoms with Crippen LogP contribution in [0.4, 0.5) is 4.39 Å². The Morgan fingerprint density at radius 1 is 1.44 bits per heavy atom. The fourth-order valence-corrected chi connectivity index (χ4v) is 2.30. The van der Waals surface area contributed by atoms with Crippen molar-refractivity contribution in [1.29, 1.82) is 0 Å². The van der Waals surface area contributed by atoms with Gasteiger partial charge in [0.25, 0.3) is 0 Å². The molecule has 1 nitrogen and oxygen atoms in total. The van der Waals surface area contributed by atoms with Crippen LogP contribution >= 0.6 is 15.9 Å². The van der Waals surface area contributed by atoms with Crippen LogP contribution in [-0.2, 0) is 11.2 Å². The SMILES string of the molecule is O=C(Cc1cccc(F)c1Br)C1=CCCC1. The summed E-state index contributed by atoms with van der Waals surface area (Å²) in [6, 6.07) is 4.79. The maximum absolute atomic E-state index is 13.2. The number of carbonyl (C=O) groups excluding carboxylic acids is 1. The van der Waals surface area contributed by atoms with Crippen molar-refractivity contribution in [3.63, 3.8) is 0 Å². The Kier molecular flexibility index (Phi) is 3.54. The van der Waals surface area contributed by atoms with Crippen LogP contribution in [0, 0.1) is 5.82 Å². The van der Waals surface area contributed by atoms with Crippen LogP contribution in [0.15, 0.2) is 34.3 Å². The summed E-state index contributed by atoms with van der Waals surface area (Å²) in [7, 11) is 0. The second-order valence-corrected chi connectivity index (χ2v) is 4.73. The molecule has 1 aromatic carbocycles. The van der Waals surface area contributed by atoms with Crippen molar-refractivity contribution in [2.75, 3.05) is 0 Å². The number of halogens is 2. The number of hydrogen-bond acceptors (Lipinski definition) is 1. The highest BCUT2D eigenvalue weighted by Crippen LogP contribution is 2.24. The number of hydrogen-bond donors (Lipinski definition) is 0. The van der Waals surface area contributed by atoms with Gasteiger partial charge in [-0.15, -0.1) is 0 Å². The minimum absolute atomic E-state index is 0.115. The van der Waals surface area contributed by atoms with Crippen LogP contribution in [0.2, 0.25) is 0 Å². The summed E-state index contributed by atoms with van der Waals surface area (Å²) < 4.78 is 13.6. The van der Waals surface area contributed by atoms with E-state index in [0.717, 1.165) is 30.4 Å². The number of carbonyl (C=O) groups is 1. The zero-order valence-corrected chi connectivity index (χ0v) is 10.4. The van der Waals surface area contributed by atoms with Gasteiger partial charge in [-0.25, -0.2) is 4.39 Å². The summed E-state index contributed by atoms with van der Waals surface area (Å²) in [5.41, 5.74) is 1.62. The average molecular weight is 283 g/mol. The maximum atomic E-state index is 13.2. The molecule has 1 aliphatic carbocycles. The number of rotatable bonds is 3. The van der Waals surface area contributed by atoms with Gasteiger partial charge in [0, 0.05) is 6.42 Å². The van der Waals surface area contributed by atoms with Crippen LogP contribution in [0.25, 0.3) is 0 Å². The Morgan fingerprint density at radius 3 is 2.94 bits per heavy atom. The van der Waals surface area contributed by atoms with Crippen molar-refractivity contribution in [1.82, 2.24) is 0 Å². The molecular weight excluding hydrogens is 271 g/mol. The molecule has 0 N–H and O–H groups in total.